The van der Waals surface area contributed by atoms with Crippen LogP contribution < -0.4 is 16.2 Å². The minimum Gasteiger partial charge on any atom is -0.341 e. The third-order valence-corrected chi connectivity index (χ3v) is 5.34. The smallest absolute Gasteiger partial charge is 0.293 e. The minimum absolute atomic E-state index is 0.120. The van der Waals surface area contributed by atoms with Crippen molar-refractivity contribution in [3.05, 3.63) is 52.4 Å². The van der Waals surface area contributed by atoms with Crippen LogP contribution in [0.5, 0.6) is 0 Å². The number of anilines is 1. The van der Waals surface area contributed by atoms with Crippen LogP contribution in [0.2, 0.25) is 0 Å². The molecule has 1 saturated heterocycles. The number of nitrogens with two attached hydrogens (primary N) is 1. The summed E-state index contributed by atoms with van der Waals surface area (Å²) >= 11 is 0. The van der Waals surface area contributed by atoms with E-state index in [4.69, 9.17) is 10.7 Å². The fraction of sp³-hybridized carbons (Fsp3) is 0.409. The van der Waals surface area contributed by atoms with Gasteiger partial charge in [0, 0.05) is 25.7 Å². The van der Waals surface area contributed by atoms with E-state index in [2.05, 4.69) is 34.0 Å². The summed E-state index contributed by atoms with van der Waals surface area (Å²) in [7, 11) is 0. The van der Waals surface area contributed by atoms with Gasteiger partial charge in [-0.2, -0.15) is 5.10 Å². The molecular formula is C22H26N6O. The molecule has 29 heavy (non-hydrogen) atoms. The van der Waals surface area contributed by atoms with Crippen LogP contribution in [-0.2, 0) is 19.5 Å². The molecule has 3 aromatic rings. The van der Waals surface area contributed by atoms with Crippen molar-refractivity contribution in [1.82, 2.24) is 19.3 Å². The van der Waals surface area contributed by atoms with Crippen LogP contribution in [0, 0.1) is 11.8 Å². The number of aryl methyl sites for hydroxylation is 2. The Hall–Kier alpha value is -3.11. The van der Waals surface area contributed by atoms with Gasteiger partial charge in [-0.15, -0.1) is 5.92 Å². The molecule has 0 saturated carbocycles. The van der Waals surface area contributed by atoms with Gasteiger partial charge < -0.3 is 10.6 Å². The van der Waals surface area contributed by atoms with E-state index in [1.54, 1.807) is 13.1 Å². The highest BCUT2D eigenvalue weighted by Crippen LogP contribution is 2.23. The van der Waals surface area contributed by atoms with Crippen molar-refractivity contribution in [2.24, 2.45) is 5.73 Å². The number of benzene rings is 1. The molecule has 0 bridgehead atoms. The zero-order valence-corrected chi connectivity index (χ0v) is 16.7. The molecular weight excluding hydrogens is 364 g/mol. The van der Waals surface area contributed by atoms with Gasteiger partial charge in [0.05, 0.1) is 12.7 Å². The summed E-state index contributed by atoms with van der Waals surface area (Å²) in [5, 5.41) is 4.37. The Morgan fingerprint density at radius 3 is 2.86 bits per heavy atom. The molecule has 4 rings (SSSR count). The highest BCUT2D eigenvalue weighted by atomic mass is 16.1. The first-order valence-electron chi connectivity index (χ1n) is 10.1. The zero-order valence-electron chi connectivity index (χ0n) is 16.7. The fourth-order valence-corrected chi connectivity index (χ4v) is 3.85. The second-order valence-electron chi connectivity index (χ2n) is 7.42. The second-order valence-corrected chi connectivity index (χ2v) is 7.42. The van der Waals surface area contributed by atoms with E-state index in [9.17, 15) is 4.79 Å². The number of fused-ring (bicyclic) bond motifs is 1. The van der Waals surface area contributed by atoms with Crippen molar-refractivity contribution in [3.8, 4) is 11.8 Å². The molecule has 1 aliphatic heterocycles. The van der Waals surface area contributed by atoms with Gasteiger partial charge in [0.25, 0.3) is 5.56 Å². The Morgan fingerprint density at radius 1 is 1.28 bits per heavy atom. The molecule has 7 heteroatoms. The summed E-state index contributed by atoms with van der Waals surface area (Å²) in [5.41, 5.74) is 8.39. The summed E-state index contributed by atoms with van der Waals surface area (Å²) in [5.74, 6) is 6.77. The maximum atomic E-state index is 13.2. The predicted molar refractivity (Wildman–Crippen MR) is 115 cm³/mol. The first kappa shape index (κ1) is 19.2. The summed E-state index contributed by atoms with van der Waals surface area (Å²) < 4.78 is 3.45. The largest absolute Gasteiger partial charge is 0.341 e. The molecule has 1 fully saturated rings. The molecule has 1 aliphatic rings. The van der Waals surface area contributed by atoms with E-state index in [0.717, 1.165) is 38.3 Å². The maximum absolute atomic E-state index is 13.2. The van der Waals surface area contributed by atoms with Gasteiger partial charge in [-0.25, -0.2) is 9.67 Å². The number of aromatic nitrogens is 4. The number of piperidine rings is 1. The second kappa shape index (κ2) is 8.50. The lowest BCUT2D eigenvalue weighted by Crippen LogP contribution is -2.44. The van der Waals surface area contributed by atoms with Gasteiger partial charge in [0.2, 0.25) is 5.95 Å². The van der Waals surface area contributed by atoms with Gasteiger partial charge >= 0.3 is 0 Å². The fourth-order valence-electron chi connectivity index (χ4n) is 3.85. The number of hydrogen-bond donors (Lipinski definition) is 1. The predicted octanol–water partition coefficient (Wildman–Crippen LogP) is 1.79. The Labute approximate surface area is 170 Å². The van der Waals surface area contributed by atoms with Gasteiger partial charge in [-0.3, -0.25) is 9.36 Å². The molecule has 150 valence electrons. The molecule has 1 aromatic carbocycles. The average Bonchev–Trinajstić information content (AvgIpc) is 3.12. The number of nitrogens with zero attached hydrogens (tertiary/aromatic N) is 5. The minimum atomic E-state index is -0.128. The molecule has 1 unspecified atom stereocenters. The van der Waals surface area contributed by atoms with E-state index in [1.807, 2.05) is 22.8 Å². The normalized spacial score (nSPS) is 16.6. The lowest BCUT2D eigenvalue weighted by Gasteiger charge is -2.31. The third kappa shape index (κ3) is 4.03. The molecule has 7 nitrogen and oxygen atoms in total. The molecule has 3 heterocycles. The van der Waals surface area contributed by atoms with Crippen molar-refractivity contribution in [1.29, 1.82) is 0 Å². The molecule has 0 amide bonds. The van der Waals surface area contributed by atoms with E-state index in [1.165, 1.54) is 10.2 Å². The Balaban J connectivity index is 1.72. The van der Waals surface area contributed by atoms with Crippen molar-refractivity contribution >= 4 is 17.0 Å². The summed E-state index contributed by atoms with van der Waals surface area (Å²) in [4.78, 5) is 20.1. The summed E-state index contributed by atoms with van der Waals surface area (Å²) in [6.45, 7) is 4.36. The van der Waals surface area contributed by atoms with E-state index >= 15 is 0 Å². The molecule has 2 aromatic heterocycles. The molecule has 0 aliphatic carbocycles. The highest BCUT2D eigenvalue weighted by Gasteiger charge is 2.24. The van der Waals surface area contributed by atoms with Crippen LogP contribution in [0.1, 0.15) is 25.3 Å². The van der Waals surface area contributed by atoms with Crippen LogP contribution in [0.4, 0.5) is 5.95 Å². The quantitative estimate of drug-likeness (QED) is 0.672. The van der Waals surface area contributed by atoms with Crippen LogP contribution in [0.15, 0.2) is 41.3 Å². The van der Waals surface area contributed by atoms with Crippen LogP contribution in [0.25, 0.3) is 11.0 Å². The summed E-state index contributed by atoms with van der Waals surface area (Å²) in [6, 6.07) is 10.2. The van der Waals surface area contributed by atoms with Gasteiger partial charge in [-0.1, -0.05) is 36.3 Å². The SMILES string of the molecule is CC#CCn1c(N2CCCC(N)C2)nc2cnn(CCc3ccccc3)c(=O)c21. The third-order valence-electron chi connectivity index (χ3n) is 5.34. The Bertz CT molecular complexity index is 1110. The number of rotatable bonds is 5. The lowest BCUT2D eigenvalue weighted by atomic mass is 10.1. The van der Waals surface area contributed by atoms with Crippen molar-refractivity contribution in [2.45, 2.75) is 45.3 Å². The van der Waals surface area contributed by atoms with Gasteiger partial charge in [0.15, 0.2) is 0 Å². The number of hydrogen-bond acceptors (Lipinski definition) is 5. The molecule has 0 radical (unpaired) electrons. The average molecular weight is 390 g/mol. The molecule has 2 N–H and O–H groups in total. The van der Waals surface area contributed by atoms with Crippen LogP contribution in [-0.4, -0.2) is 38.5 Å². The lowest BCUT2D eigenvalue weighted by molar-refractivity contribution is 0.496. The van der Waals surface area contributed by atoms with E-state index in [-0.39, 0.29) is 11.6 Å². The van der Waals surface area contributed by atoms with Crippen molar-refractivity contribution in [3.63, 3.8) is 0 Å². The van der Waals surface area contributed by atoms with Gasteiger partial charge in [-0.05, 0) is 31.7 Å². The Kier molecular flexibility index (Phi) is 5.63. The van der Waals surface area contributed by atoms with E-state index < -0.39 is 0 Å². The van der Waals surface area contributed by atoms with Gasteiger partial charge in [0.1, 0.15) is 11.0 Å². The topological polar surface area (TPSA) is 82.0 Å². The molecule has 0 spiro atoms. The van der Waals surface area contributed by atoms with Crippen LogP contribution >= 0.6 is 0 Å². The zero-order chi connectivity index (χ0) is 20.2. The van der Waals surface area contributed by atoms with Crippen LogP contribution in [0.3, 0.4) is 0 Å². The summed E-state index contributed by atoms with van der Waals surface area (Å²) in [6.07, 6.45) is 4.46. The first-order chi connectivity index (χ1) is 14.2. The standard InChI is InChI=1S/C22H26N6O/c1-2-3-13-27-20-19(25-22(27)26-12-7-10-18(23)16-26)15-24-28(21(20)29)14-11-17-8-5-4-6-9-17/h4-6,8-9,15,18H,7,10-14,16,23H2,1H3. The van der Waals surface area contributed by atoms with E-state index in [0.29, 0.717) is 24.1 Å². The Morgan fingerprint density at radius 2 is 2.10 bits per heavy atom. The maximum Gasteiger partial charge on any atom is 0.293 e. The monoisotopic (exact) mass is 390 g/mol. The van der Waals surface area contributed by atoms with Crippen molar-refractivity contribution < 1.29 is 0 Å². The first-order valence-corrected chi connectivity index (χ1v) is 10.1. The van der Waals surface area contributed by atoms with Crippen molar-refractivity contribution in [2.75, 3.05) is 18.0 Å². The molecule has 1 atom stereocenters. The highest BCUT2D eigenvalue weighted by molar-refractivity contribution is 5.77. The number of imidazole rings is 1.